The Kier molecular flexibility index (Phi) is 5.70. The molecule has 8 nitrogen and oxygen atoms in total. The van der Waals surface area contributed by atoms with Gasteiger partial charge in [-0.2, -0.15) is 0 Å². The average Bonchev–Trinajstić information content (AvgIpc) is 3.11. The number of nitrogens with two attached hydrogens (primary N) is 1. The van der Waals surface area contributed by atoms with E-state index in [0.717, 1.165) is 28.3 Å². The van der Waals surface area contributed by atoms with E-state index in [4.69, 9.17) is 10.5 Å². The Morgan fingerprint density at radius 1 is 1.00 bits per heavy atom. The number of carbonyl (C=O) groups excluding carboxylic acids is 1. The van der Waals surface area contributed by atoms with Crippen molar-refractivity contribution in [3.05, 3.63) is 99.6 Å². The summed E-state index contributed by atoms with van der Waals surface area (Å²) in [5, 5.41) is 20.7. The number of carboxylic acids is 1. The predicted molar refractivity (Wildman–Crippen MR) is 116 cm³/mol. The van der Waals surface area contributed by atoms with Crippen molar-refractivity contribution in [3.63, 3.8) is 0 Å². The van der Waals surface area contributed by atoms with Gasteiger partial charge in [0.15, 0.2) is 5.92 Å². The van der Waals surface area contributed by atoms with Crippen LogP contribution in [0.3, 0.4) is 0 Å². The number of hydrogen-bond acceptors (Lipinski definition) is 6. The molecule has 0 spiro atoms. The highest BCUT2D eigenvalue weighted by atomic mass is 16.6. The van der Waals surface area contributed by atoms with Crippen LogP contribution >= 0.6 is 0 Å². The van der Waals surface area contributed by atoms with Gasteiger partial charge >= 0.3 is 11.9 Å². The number of carboxylic acid groups (broad SMARTS) is 1. The SMILES string of the molecule is NC(c1cccc([N+](=O)[O-])c1)[C@@H](C(=O)O)C(=O)OCC1c2ccccc2-c2ccccc21. The molecular weight excluding hydrogens is 412 g/mol. The van der Waals surface area contributed by atoms with Crippen LogP contribution in [-0.4, -0.2) is 28.6 Å². The van der Waals surface area contributed by atoms with Crippen LogP contribution in [0.15, 0.2) is 72.8 Å². The summed E-state index contributed by atoms with van der Waals surface area (Å²) in [5.41, 5.74) is 10.1. The van der Waals surface area contributed by atoms with Crippen molar-refractivity contribution in [2.45, 2.75) is 12.0 Å². The smallest absolute Gasteiger partial charge is 0.322 e. The molecule has 0 aliphatic heterocycles. The summed E-state index contributed by atoms with van der Waals surface area (Å²) in [6, 6.07) is 19.5. The van der Waals surface area contributed by atoms with Crippen LogP contribution in [0, 0.1) is 16.0 Å². The van der Waals surface area contributed by atoms with E-state index in [1.165, 1.54) is 18.2 Å². The molecule has 0 fully saturated rings. The summed E-state index contributed by atoms with van der Waals surface area (Å²) in [6.07, 6.45) is 0. The van der Waals surface area contributed by atoms with Gasteiger partial charge in [0.1, 0.15) is 6.61 Å². The quantitative estimate of drug-likeness (QED) is 0.252. The van der Waals surface area contributed by atoms with Gasteiger partial charge in [0.25, 0.3) is 5.69 Å². The Hall–Kier alpha value is -4.04. The van der Waals surface area contributed by atoms with Crippen molar-refractivity contribution < 1.29 is 24.4 Å². The predicted octanol–water partition coefficient (Wildman–Crippen LogP) is 3.65. The van der Waals surface area contributed by atoms with E-state index in [2.05, 4.69) is 0 Å². The lowest BCUT2D eigenvalue weighted by atomic mass is 9.93. The Morgan fingerprint density at radius 3 is 2.16 bits per heavy atom. The Morgan fingerprint density at radius 2 is 1.59 bits per heavy atom. The van der Waals surface area contributed by atoms with Gasteiger partial charge in [-0.3, -0.25) is 19.7 Å². The van der Waals surface area contributed by atoms with Crippen molar-refractivity contribution in [2.75, 3.05) is 6.61 Å². The van der Waals surface area contributed by atoms with Gasteiger partial charge < -0.3 is 15.6 Å². The molecule has 3 aromatic rings. The van der Waals surface area contributed by atoms with E-state index < -0.39 is 28.8 Å². The summed E-state index contributed by atoms with van der Waals surface area (Å²) in [5.74, 6) is -4.38. The Bertz CT molecular complexity index is 1160. The molecule has 0 aromatic heterocycles. The molecule has 0 heterocycles. The zero-order chi connectivity index (χ0) is 22.8. The van der Waals surface area contributed by atoms with Gasteiger partial charge in [0.2, 0.25) is 0 Å². The summed E-state index contributed by atoms with van der Waals surface area (Å²) in [4.78, 5) is 35.0. The highest BCUT2D eigenvalue weighted by molar-refractivity contribution is 5.95. The van der Waals surface area contributed by atoms with E-state index in [9.17, 15) is 24.8 Å². The summed E-state index contributed by atoms with van der Waals surface area (Å²) >= 11 is 0. The molecule has 3 N–H and O–H groups in total. The van der Waals surface area contributed by atoms with Gasteiger partial charge in [-0.1, -0.05) is 60.7 Å². The van der Waals surface area contributed by atoms with Crippen LogP contribution in [-0.2, 0) is 14.3 Å². The molecule has 0 saturated heterocycles. The third-order valence-electron chi connectivity index (χ3n) is 5.70. The molecular formula is C24H20N2O6. The third-order valence-corrected chi connectivity index (χ3v) is 5.70. The second-order valence-corrected chi connectivity index (χ2v) is 7.55. The van der Waals surface area contributed by atoms with Crippen LogP contribution < -0.4 is 5.73 Å². The molecule has 1 aliphatic carbocycles. The van der Waals surface area contributed by atoms with Crippen molar-refractivity contribution in [1.82, 2.24) is 0 Å². The molecule has 8 heteroatoms. The topological polar surface area (TPSA) is 133 Å². The van der Waals surface area contributed by atoms with Crippen LogP contribution in [0.2, 0.25) is 0 Å². The first-order valence-electron chi connectivity index (χ1n) is 9.96. The number of rotatable bonds is 7. The Labute approximate surface area is 183 Å². The lowest BCUT2D eigenvalue weighted by Crippen LogP contribution is -2.36. The number of non-ortho nitro benzene ring substituents is 1. The first-order valence-corrected chi connectivity index (χ1v) is 9.96. The molecule has 4 rings (SSSR count). The highest BCUT2D eigenvalue weighted by Gasteiger charge is 2.37. The van der Waals surface area contributed by atoms with E-state index >= 15 is 0 Å². The van der Waals surface area contributed by atoms with E-state index in [1.54, 1.807) is 0 Å². The van der Waals surface area contributed by atoms with E-state index in [0.29, 0.717) is 0 Å². The van der Waals surface area contributed by atoms with Gasteiger partial charge in [-0.15, -0.1) is 0 Å². The highest BCUT2D eigenvalue weighted by Crippen LogP contribution is 2.44. The minimum atomic E-state index is -1.70. The molecule has 0 saturated carbocycles. The maximum atomic E-state index is 12.8. The standard InChI is InChI=1S/C24H20N2O6/c25-22(14-6-5-7-15(12-14)26(30)31)21(23(27)28)24(29)32-13-20-18-10-3-1-8-16(18)17-9-2-4-11-19(17)20/h1-12,20-22H,13,25H2,(H,27,28)/t21-,22?/m0/s1. The van der Waals surface area contributed by atoms with E-state index in [1.807, 2.05) is 48.5 Å². The molecule has 0 amide bonds. The number of aliphatic carboxylic acids is 1. The van der Waals surface area contributed by atoms with Gasteiger partial charge in [-0.25, -0.2) is 0 Å². The van der Waals surface area contributed by atoms with Crippen molar-refractivity contribution in [3.8, 4) is 11.1 Å². The molecule has 32 heavy (non-hydrogen) atoms. The molecule has 3 aromatic carbocycles. The van der Waals surface area contributed by atoms with Gasteiger partial charge in [0, 0.05) is 18.1 Å². The number of hydrogen-bond donors (Lipinski definition) is 2. The number of fused-ring (bicyclic) bond motifs is 3. The number of esters is 1. The molecule has 1 unspecified atom stereocenters. The van der Waals surface area contributed by atoms with Crippen molar-refractivity contribution >= 4 is 17.6 Å². The fourth-order valence-corrected chi connectivity index (χ4v) is 4.13. The number of nitro groups is 1. The lowest BCUT2D eigenvalue weighted by Gasteiger charge is -2.21. The van der Waals surface area contributed by atoms with Crippen LogP contribution in [0.25, 0.3) is 11.1 Å². The number of nitro benzene ring substituents is 1. The molecule has 2 atom stereocenters. The van der Waals surface area contributed by atoms with Crippen molar-refractivity contribution in [2.24, 2.45) is 11.7 Å². The first kappa shape index (κ1) is 21.2. The van der Waals surface area contributed by atoms with Crippen molar-refractivity contribution in [1.29, 1.82) is 0 Å². The summed E-state index contributed by atoms with van der Waals surface area (Å²) in [6.45, 7) is -0.0434. The zero-order valence-electron chi connectivity index (χ0n) is 16.9. The summed E-state index contributed by atoms with van der Waals surface area (Å²) in [7, 11) is 0. The fraction of sp³-hybridized carbons (Fsp3) is 0.167. The number of benzene rings is 3. The first-order chi connectivity index (χ1) is 15.4. The normalized spacial score (nSPS) is 14.2. The van der Waals surface area contributed by atoms with E-state index in [-0.39, 0.29) is 23.8 Å². The van der Waals surface area contributed by atoms with Crippen LogP contribution in [0.4, 0.5) is 5.69 Å². The third kappa shape index (κ3) is 3.83. The van der Waals surface area contributed by atoms with Gasteiger partial charge in [-0.05, 0) is 27.8 Å². The number of ether oxygens (including phenoxy) is 1. The van der Waals surface area contributed by atoms with Crippen LogP contribution in [0.1, 0.15) is 28.7 Å². The Balaban J connectivity index is 1.55. The second-order valence-electron chi connectivity index (χ2n) is 7.55. The fourth-order valence-electron chi connectivity index (χ4n) is 4.13. The molecule has 1 aliphatic rings. The van der Waals surface area contributed by atoms with Crippen LogP contribution in [0.5, 0.6) is 0 Å². The minimum Gasteiger partial charge on any atom is -0.481 e. The second kappa shape index (κ2) is 8.60. The summed E-state index contributed by atoms with van der Waals surface area (Å²) < 4.78 is 5.45. The minimum absolute atomic E-state index is 0.0434. The number of carbonyl (C=O) groups is 2. The molecule has 0 radical (unpaired) electrons. The maximum absolute atomic E-state index is 12.8. The monoisotopic (exact) mass is 432 g/mol. The molecule has 162 valence electrons. The average molecular weight is 432 g/mol. The number of nitrogens with zero attached hydrogens (tertiary/aromatic N) is 1. The lowest BCUT2D eigenvalue weighted by molar-refractivity contribution is -0.384. The zero-order valence-corrected chi connectivity index (χ0v) is 16.9. The van der Waals surface area contributed by atoms with Gasteiger partial charge in [0.05, 0.1) is 11.0 Å². The molecule has 0 bridgehead atoms. The largest absolute Gasteiger partial charge is 0.481 e. The maximum Gasteiger partial charge on any atom is 0.322 e.